The normalized spacial score (nSPS) is 17.3. The van der Waals surface area contributed by atoms with Crippen LogP contribution in [0.1, 0.15) is 36.6 Å². The van der Waals surface area contributed by atoms with E-state index in [9.17, 15) is 4.79 Å². The molecule has 2 aromatic carbocycles. The van der Waals surface area contributed by atoms with Crippen LogP contribution in [-0.2, 0) is 4.79 Å². The first-order valence-corrected chi connectivity index (χ1v) is 8.13. The van der Waals surface area contributed by atoms with Crippen LogP contribution < -0.4 is 20.5 Å². The number of ether oxygens (including phenoxy) is 2. The molecule has 24 heavy (non-hydrogen) atoms. The van der Waals surface area contributed by atoms with Crippen LogP contribution in [0.25, 0.3) is 0 Å². The summed E-state index contributed by atoms with van der Waals surface area (Å²) in [5, 5.41) is 3.01. The Labute approximate surface area is 141 Å². The topological polar surface area (TPSA) is 73.6 Å². The molecule has 0 fully saturated rings. The Balaban J connectivity index is 1.58. The van der Waals surface area contributed by atoms with E-state index >= 15 is 0 Å². The number of hydrogen-bond acceptors (Lipinski definition) is 4. The van der Waals surface area contributed by atoms with Crippen molar-refractivity contribution in [3.8, 4) is 11.5 Å². The number of amides is 1. The van der Waals surface area contributed by atoms with Crippen LogP contribution in [0.3, 0.4) is 0 Å². The lowest BCUT2D eigenvalue weighted by molar-refractivity contribution is -0.124. The van der Waals surface area contributed by atoms with Gasteiger partial charge in [0.25, 0.3) is 5.91 Å². The first kappa shape index (κ1) is 16.3. The van der Waals surface area contributed by atoms with E-state index < -0.39 is 0 Å². The average Bonchev–Trinajstić information content (AvgIpc) is 2.60. The highest BCUT2D eigenvalue weighted by atomic mass is 16.5. The molecule has 1 amide bonds. The minimum Gasteiger partial charge on any atom is -0.493 e. The molecule has 0 spiro atoms. The Kier molecular flexibility index (Phi) is 5.01. The predicted molar refractivity (Wildman–Crippen MR) is 92.0 cm³/mol. The fraction of sp³-hybridized carbons (Fsp3) is 0.316. The maximum absolute atomic E-state index is 12.2. The molecule has 2 unspecified atom stereocenters. The zero-order valence-corrected chi connectivity index (χ0v) is 13.7. The van der Waals surface area contributed by atoms with Gasteiger partial charge in [0, 0.05) is 18.0 Å². The van der Waals surface area contributed by atoms with Gasteiger partial charge in [-0.3, -0.25) is 4.79 Å². The Bertz CT molecular complexity index is 715. The Hall–Kier alpha value is -2.53. The van der Waals surface area contributed by atoms with Gasteiger partial charge in [0.1, 0.15) is 11.5 Å². The van der Waals surface area contributed by atoms with Gasteiger partial charge in [0.15, 0.2) is 6.61 Å². The van der Waals surface area contributed by atoms with Crippen molar-refractivity contribution in [1.82, 2.24) is 5.32 Å². The number of carbonyl (C=O) groups excluding carboxylic acids is 1. The second-order valence-electron chi connectivity index (χ2n) is 5.94. The zero-order chi connectivity index (χ0) is 16.9. The lowest BCUT2D eigenvalue weighted by Gasteiger charge is -2.26. The van der Waals surface area contributed by atoms with E-state index in [2.05, 4.69) is 5.32 Å². The summed E-state index contributed by atoms with van der Waals surface area (Å²) in [7, 11) is 0. The van der Waals surface area contributed by atoms with Crippen molar-refractivity contribution in [2.75, 3.05) is 13.2 Å². The van der Waals surface area contributed by atoms with Crippen molar-refractivity contribution in [3.05, 3.63) is 59.7 Å². The highest BCUT2D eigenvalue weighted by Crippen LogP contribution is 2.31. The second kappa shape index (κ2) is 7.36. The van der Waals surface area contributed by atoms with E-state index in [4.69, 9.17) is 15.2 Å². The van der Waals surface area contributed by atoms with Crippen LogP contribution in [0.4, 0.5) is 0 Å². The number of fused-ring (bicyclic) bond motifs is 1. The van der Waals surface area contributed by atoms with E-state index in [-0.39, 0.29) is 24.6 Å². The highest BCUT2D eigenvalue weighted by molar-refractivity contribution is 5.78. The highest BCUT2D eigenvalue weighted by Gasteiger charge is 2.22. The maximum Gasteiger partial charge on any atom is 0.258 e. The first-order valence-electron chi connectivity index (χ1n) is 8.13. The lowest BCUT2D eigenvalue weighted by Crippen LogP contribution is -2.35. The summed E-state index contributed by atoms with van der Waals surface area (Å²) >= 11 is 0. The van der Waals surface area contributed by atoms with Crippen molar-refractivity contribution < 1.29 is 14.3 Å². The smallest absolute Gasteiger partial charge is 0.258 e. The third kappa shape index (κ3) is 3.86. The molecule has 0 bridgehead atoms. The largest absolute Gasteiger partial charge is 0.493 e. The van der Waals surface area contributed by atoms with E-state index in [1.807, 2.05) is 55.5 Å². The van der Waals surface area contributed by atoms with Crippen molar-refractivity contribution in [3.63, 3.8) is 0 Å². The summed E-state index contributed by atoms with van der Waals surface area (Å²) in [6, 6.07) is 15.2. The summed E-state index contributed by atoms with van der Waals surface area (Å²) in [6.45, 7) is 2.48. The van der Waals surface area contributed by atoms with Crippen LogP contribution in [-0.4, -0.2) is 19.1 Å². The maximum atomic E-state index is 12.2. The van der Waals surface area contributed by atoms with Crippen LogP contribution in [0, 0.1) is 0 Å². The molecular weight excluding hydrogens is 304 g/mol. The van der Waals surface area contributed by atoms with Gasteiger partial charge in [0.05, 0.1) is 12.6 Å². The number of hydrogen-bond donors (Lipinski definition) is 2. The predicted octanol–water partition coefficient (Wildman–Crippen LogP) is 2.73. The van der Waals surface area contributed by atoms with Gasteiger partial charge in [-0.05, 0) is 30.7 Å². The SMILES string of the molecule is CC(N)c1cccc(OCC(=O)NC2CCOc3ccccc32)c1. The Morgan fingerprint density at radius 1 is 1.33 bits per heavy atom. The molecule has 0 saturated carbocycles. The molecule has 1 aliphatic rings. The van der Waals surface area contributed by atoms with E-state index in [1.165, 1.54) is 0 Å². The van der Waals surface area contributed by atoms with Gasteiger partial charge in [0.2, 0.25) is 0 Å². The average molecular weight is 326 g/mol. The van der Waals surface area contributed by atoms with Gasteiger partial charge in [-0.15, -0.1) is 0 Å². The summed E-state index contributed by atoms with van der Waals surface area (Å²) in [4.78, 5) is 12.2. The zero-order valence-electron chi connectivity index (χ0n) is 13.7. The van der Waals surface area contributed by atoms with Crippen molar-refractivity contribution in [2.45, 2.75) is 25.4 Å². The minimum atomic E-state index is -0.150. The van der Waals surface area contributed by atoms with Gasteiger partial charge in [-0.1, -0.05) is 30.3 Å². The monoisotopic (exact) mass is 326 g/mol. The summed E-state index contributed by atoms with van der Waals surface area (Å²) in [5.41, 5.74) is 7.85. The van der Waals surface area contributed by atoms with Crippen molar-refractivity contribution in [2.24, 2.45) is 5.73 Å². The second-order valence-corrected chi connectivity index (χ2v) is 5.94. The first-order chi connectivity index (χ1) is 11.6. The summed E-state index contributed by atoms with van der Waals surface area (Å²) in [5.74, 6) is 1.33. The fourth-order valence-corrected chi connectivity index (χ4v) is 2.76. The molecule has 3 N–H and O–H groups in total. The molecule has 1 heterocycles. The van der Waals surface area contributed by atoms with Crippen LogP contribution in [0.2, 0.25) is 0 Å². The number of nitrogens with one attached hydrogen (secondary N) is 1. The van der Waals surface area contributed by atoms with Crippen molar-refractivity contribution >= 4 is 5.91 Å². The van der Waals surface area contributed by atoms with E-state index in [0.717, 1.165) is 23.3 Å². The van der Waals surface area contributed by atoms with E-state index in [0.29, 0.717) is 12.4 Å². The lowest BCUT2D eigenvalue weighted by atomic mass is 10.0. The molecule has 5 heteroatoms. The summed E-state index contributed by atoms with van der Waals surface area (Å²) < 4.78 is 11.2. The third-order valence-electron chi connectivity index (χ3n) is 4.05. The molecule has 126 valence electrons. The standard InChI is InChI=1S/C19H22N2O3/c1-13(20)14-5-4-6-15(11-14)24-12-19(22)21-17-9-10-23-18-8-3-2-7-16(17)18/h2-8,11,13,17H,9-10,12,20H2,1H3,(H,21,22). The van der Waals surface area contributed by atoms with E-state index in [1.54, 1.807) is 0 Å². The molecule has 0 aliphatic carbocycles. The molecule has 3 rings (SSSR count). The minimum absolute atomic E-state index is 0.0259. The summed E-state index contributed by atoms with van der Waals surface area (Å²) in [6.07, 6.45) is 0.753. The van der Waals surface area contributed by atoms with Gasteiger partial charge < -0.3 is 20.5 Å². The molecule has 0 saturated heterocycles. The quantitative estimate of drug-likeness (QED) is 0.886. The molecule has 1 aliphatic heterocycles. The number of para-hydroxylation sites is 1. The van der Waals surface area contributed by atoms with Crippen LogP contribution >= 0.6 is 0 Å². The number of benzene rings is 2. The number of rotatable bonds is 5. The molecular formula is C19H22N2O3. The molecule has 2 aromatic rings. The van der Waals surface area contributed by atoms with Gasteiger partial charge >= 0.3 is 0 Å². The van der Waals surface area contributed by atoms with Gasteiger partial charge in [-0.2, -0.15) is 0 Å². The number of nitrogens with two attached hydrogens (primary N) is 1. The fourth-order valence-electron chi connectivity index (χ4n) is 2.76. The van der Waals surface area contributed by atoms with Crippen LogP contribution in [0.15, 0.2) is 48.5 Å². The molecule has 5 nitrogen and oxygen atoms in total. The Morgan fingerprint density at radius 2 is 2.17 bits per heavy atom. The molecule has 0 radical (unpaired) electrons. The molecule has 0 aromatic heterocycles. The molecule has 2 atom stereocenters. The number of carbonyl (C=O) groups is 1. The third-order valence-corrected chi connectivity index (χ3v) is 4.05. The Morgan fingerprint density at radius 3 is 3.00 bits per heavy atom. The van der Waals surface area contributed by atoms with Crippen LogP contribution in [0.5, 0.6) is 11.5 Å². The van der Waals surface area contributed by atoms with Crippen molar-refractivity contribution in [1.29, 1.82) is 0 Å². The van der Waals surface area contributed by atoms with Gasteiger partial charge in [-0.25, -0.2) is 0 Å².